The van der Waals surface area contributed by atoms with E-state index in [1.54, 1.807) is 29.1 Å². The van der Waals surface area contributed by atoms with Gasteiger partial charge < -0.3 is 15.4 Å². The Hall–Kier alpha value is -2.41. The fraction of sp³-hybridized carbons (Fsp3) is 0.154. The molecule has 0 atom stereocenters. The Labute approximate surface area is 119 Å². The number of anilines is 2. The van der Waals surface area contributed by atoms with Gasteiger partial charge in [0.2, 0.25) is 5.91 Å². The summed E-state index contributed by atoms with van der Waals surface area (Å²) < 4.78 is 5.18. The lowest BCUT2D eigenvalue weighted by atomic mass is 10.2. The van der Waals surface area contributed by atoms with Crippen LogP contribution in [-0.2, 0) is 4.79 Å². The van der Waals surface area contributed by atoms with Crippen molar-refractivity contribution in [2.75, 3.05) is 17.7 Å². The minimum absolute atomic E-state index is 0.188. The first kappa shape index (κ1) is 14.0. The molecule has 6 nitrogen and oxygen atoms in total. The van der Waals surface area contributed by atoms with E-state index in [2.05, 4.69) is 15.6 Å². The topological polar surface area (TPSA) is 80.3 Å². The van der Waals surface area contributed by atoms with Gasteiger partial charge in [0.1, 0.15) is 11.4 Å². The molecule has 2 rings (SSSR count). The van der Waals surface area contributed by atoms with Crippen molar-refractivity contribution in [2.24, 2.45) is 0 Å². The molecule has 7 heteroatoms. The minimum atomic E-state index is -0.329. The van der Waals surface area contributed by atoms with Crippen molar-refractivity contribution in [2.45, 2.75) is 6.92 Å². The Morgan fingerprint density at radius 1 is 1.30 bits per heavy atom. The number of nitrogens with one attached hydrogen (secondary N) is 2. The number of hydrogen-bond acceptors (Lipinski definition) is 5. The zero-order valence-corrected chi connectivity index (χ0v) is 11.8. The van der Waals surface area contributed by atoms with Crippen LogP contribution in [0.25, 0.3) is 0 Å². The lowest BCUT2D eigenvalue weighted by Gasteiger charge is -2.11. The fourth-order valence-electron chi connectivity index (χ4n) is 1.60. The largest absolute Gasteiger partial charge is 0.495 e. The Morgan fingerprint density at radius 2 is 2.10 bits per heavy atom. The third-order valence-electron chi connectivity index (χ3n) is 2.43. The summed E-state index contributed by atoms with van der Waals surface area (Å²) in [5, 5.41) is 7.00. The second kappa shape index (κ2) is 6.16. The van der Waals surface area contributed by atoms with Gasteiger partial charge in [-0.3, -0.25) is 9.59 Å². The van der Waals surface area contributed by atoms with E-state index in [0.29, 0.717) is 22.8 Å². The number of thiazole rings is 1. The van der Waals surface area contributed by atoms with Crippen molar-refractivity contribution in [3.05, 3.63) is 34.8 Å². The summed E-state index contributed by atoms with van der Waals surface area (Å²) in [6.07, 6.45) is 0. The van der Waals surface area contributed by atoms with Crippen molar-refractivity contribution in [3.8, 4) is 5.75 Å². The number of amides is 2. The van der Waals surface area contributed by atoms with Crippen LogP contribution in [0.3, 0.4) is 0 Å². The van der Waals surface area contributed by atoms with Gasteiger partial charge >= 0.3 is 0 Å². The highest BCUT2D eigenvalue weighted by molar-refractivity contribution is 7.07. The number of rotatable bonds is 4. The first-order valence-electron chi connectivity index (χ1n) is 5.75. The van der Waals surface area contributed by atoms with E-state index < -0.39 is 0 Å². The Morgan fingerprint density at radius 3 is 2.70 bits per heavy atom. The van der Waals surface area contributed by atoms with E-state index in [0.717, 1.165) is 0 Å². The number of methoxy groups -OCH3 is 1. The molecule has 1 heterocycles. The van der Waals surface area contributed by atoms with E-state index in [4.69, 9.17) is 4.74 Å². The Balaban J connectivity index is 2.24. The second-order valence-corrected chi connectivity index (χ2v) is 4.64. The third-order valence-corrected chi connectivity index (χ3v) is 3.02. The minimum Gasteiger partial charge on any atom is -0.495 e. The van der Waals surface area contributed by atoms with Gasteiger partial charge in [-0.05, 0) is 18.2 Å². The van der Waals surface area contributed by atoms with Crippen LogP contribution >= 0.6 is 11.3 Å². The third kappa shape index (κ3) is 3.33. The Kier molecular flexibility index (Phi) is 4.31. The first-order chi connectivity index (χ1) is 9.60. The second-order valence-electron chi connectivity index (χ2n) is 3.92. The molecule has 0 aliphatic heterocycles. The summed E-state index contributed by atoms with van der Waals surface area (Å²) in [6.45, 7) is 1.41. The van der Waals surface area contributed by atoms with Crippen LogP contribution < -0.4 is 15.4 Å². The van der Waals surface area contributed by atoms with Crippen molar-refractivity contribution in [1.29, 1.82) is 0 Å². The summed E-state index contributed by atoms with van der Waals surface area (Å²) in [6, 6.07) is 4.99. The van der Waals surface area contributed by atoms with Gasteiger partial charge in [0, 0.05) is 18.0 Å². The van der Waals surface area contributed by atoms with E-state index in [-0.39, 0.29) is 11.8 Å². The molecule has 1 aromatic heterocycles. The summed E-state index contributed by atoms with van der Waals surface area (Å²) >= 11 is 1.34. The molecular formula is C13H13N3O3S. The summed E-state index contributed by atoms with van der Waals surface area (Å²) in [5.74, 6) is -0.0147. The highest BCUT2D eigenvalue weighted by Gasteiger charge is 2.12. The average Bonchev–Trinajstić information content (AvgIpc) is 2.92. The van der Waals surface area contributed by atoms with Crippen LogP contribution in [0.2, 0.25) is 0 Å². The molecule has 0 bridgehead atoms. The molecule has 0 spiro atoms. The number of hydrogen-bond donors (Lipinski definition) is 2. The normalized spacial score (nSPS) is 9.90. The zero-order valence-electron chi connectivity index (χ0n) is 11.0. The van der Waals surface area contributed by atoms with E-state index in [9.17, 15) is 9.59 Å². The molecule has 104 valence electrons. The first-order valence-corrected chi connectivity index (χ1v) is 6.69. The molecule has 20 heavy (non-hydrogen) atoms. The van der Waals surface area contributed by atoms with Crippen molar-refractivity contribution in [1.82, 2.24) is 4.98 Å². The van der Waals surface area contributed by atoms with Crippen molar-refractivity contribution < 1.29 is 14.3 Å². The number of carbonyl (C=O) groups excluding carboxylic acids is 2. The summed E-state index contributed by atoms with van der Waals surface area (Å²) in [7, 11) is 1.51. The number of aromatic nitrogens is 1. The molecule has 2 aromatic rings. The lowest BCUT2D eigenvalue weighted by Crippen LogP contribution is -2.13. The Bertz CT molecular complexity index is 626. The molecule has 0 aliphatic carbocycles. The van der Waals surface area contributed by atoms with Gasteiger partial charge in [-0.25, -0.2) is 4.98 Å². The number of nitrogens with zero attached hydrogens (tertiary/aromatic N) is 1. The SMILES string of the molecule is COc1ccc(NC(C)=O)cc1NC(=O)c1cscn1. The maximum Gasteiger partial charge on any atom is 0.275 e. The summed E-state index contributed by atoms with van der Waals surface area (Å²) in [4.78, 5) is 27.0. The number of ether oxygens (including phenoxy) is 1. The van der Waals surface area contributed by atoms with E-state index in [1.165, 1.54) is 25.4 Å². The molecule has 0 saturated carbocycles. The molecule has 2 amide bonds. The van der Waals surface area contributed by atoms with Crippen molar-refractivity contribution in [3.63, 3.8) is 0 Å². The lowest BCUT2D eigenvalue weighted by molar-refractivity contribution is -0.114. The molecule has 0 fully saturated rings. The number of benzene rings is 1. The molecule has 0 unspecified atom stereocenters. The smallest absolute Gasteiger partial charge is 0.275 e. The quantitative estimate of drug-likeness (QED) is 0.906. The molecule has 2 N–H and O–H groups in total. The fourth-order valence-corrected chi connectivity index (χ4v) is 2.13. The standard InChI is InChI=1S/C13H13N3O3S/c1-8(17)15-9-3-4-12(19-2)10(5-9)16-13(18)11-6-20-7-14-11/h3-7H,1-2H3,(H,15,17)(H,16,18). The highest BCUT2D eigenvalue weighted by atomic mass is 32.1. The molecule has 0 radical (unpaired) electrons. The molecular weight excluding hydrogens is 278 g/mol. The van der Waals surface area contributed by atoms with Crippen LogP contribution in [0.4, 0.5) is 11.4 Å². The van der Waals surface area contributed by atoms with Gasteiger partial charge in [-0.2, -0.15) is 0 Å². The van der Waals surface area contributed by atoms with Gasteiger partial charge in [-0.15, -0.1) is 11.3 Å². The summed E-state index contributed by atoms with van der Waals surface area (Å²) in [5.41, 5.74) is 2.96. The maximum absolute atomic E-state index is 12.0. The van der Waals surface area contributed by atoms with Crippen LogP contribution in [-0.4, -0.2) is 23.9 Å². The number of carbonyl (C=O) groups is 2. The maximum atomic E-state index is 12.0. The monoisotopic (exact) mass is 291 g/mol. The van der Waals surface area contributed by atoms with Gasteiger partial charge in [0.15, 0.2) is 0 Å². The van der Waals surface area contributed by atoms with E-state index >= 15 is 0 Å². The van der Waals surface area contributed by atoms with Crippen LogP contribution in [0.1, 0.15) is 17.4 Å². The predicted octanol–water partition coefficient (Wildman–Crippen LogP) is 2.36. The van der Waals surface area contributed by atoms with Gasteiger partial charge in [-0.1, -0.05) is 0 Å². The zero-order chi connectivity index (χ0) is 14.5. The van der Waals surface area contributed by atoms with Crippen LogP contribution in [0, 0.1) is 0 Å². The highest BCUT2D eigenvalue weighted by Crippen LogP contribution is 2.28. The van der Waals surface area contributed by atoms with E-state index in [1.807, 2.05) is 0 Å². The van der Waals surface area contributed by atoms with Crippen molar-refractivity contribution >= 4 is 34.5 Å². The molecule has 0 aliphatic rings. The van der Waals surface area contributed by atoms with Gasteiger partial charge in [0.05, 0.1) is 18.3 Å². The van der Waals surface area contributed by atoms with Crippen LogP contribution in [0.5, 0.6) is 5.75 Å². The van der Waals surface area contributed by atoms with Gasteiger partial charge in [0.25, 0.3) is 5.91 Å². The predicted molar refractivity (Wildman–Crippen MR) is 77.4 cm³/mol. The molecule has 1 aromatic carbocycles. The average molecular weight is 291 g/mol. The molecule has 0 saturated heterocycles. The van der Waals surface area contributed by atoms with Crippen LogP contribution in [0.15, 0.2) is 29.1 Å².